The summed E-state index contributed by atoms with van der Waals surface area (Å²) in [6, 6.07) is 64.4. The van der Waals surface area contributed by atoms with E-state index < -0.39 is 11.0 Å². The van der Waals surface area contributed by atoms with Crippen molar-refractivity contribution in [3.05, 3.63) is 240 Å². The van der Waals surface area contributed by atoms with E-state index in [0.717, 1.165) is 56.0 Å². The largest absolute Gasteiger partial charge is 0.497 e. The third kappa shape index (κ3) is 9.20. The zero-order valence-electron chi connectivity index (χ0n) is 34.1. The van der Waals surface area contributed by atoms with E-state index in [0.29, 0.717) is 11.4 Å². The van der Waals surface area contributed by atoms with Crippen LogP contribution in [0.3, 0.4) is 0 Å². The quantitative estimate of drug-likeness (QED) is 0.0801. The van der Waals surface area contributed by atoms with Gasteiger partial charge in [0.15, 0.2) is 0 Å². The molecule has 6 aromatic carbocycles. The van der Waals surface area contributed by atoms with Gasteiger partial charge in [-0.3, -0.25) is 9.97 Å². The second-order valence-electron chi connectivity index (χ2n) is 14.4. The van der Waals surface area contributed by atoms with Crippen LogP contribution in [-0.2, 0) is 38.3 Å². The first-order valence-electron chi connectivity index (χ1n) is 20.1. The van der Waals surface area contributed by atoms with E-state index >= 15 is 0 Å². The highest BCUT2D eigenvalue weighted by atomic mass is 16.6. The zero-order valence-corrected chi connectivity index (χ0v) is 34.1. The molecular weight excluding hydrogens is 754 g/mol. The summed E-state index contributed by atoms with van der Waals surface area (Å²) in [4.78, 5) is 10.1. The first-order chi connectivity index (χ1) is 30.1. The fourth-order valence-corrected chi connectivity index (χ4v) is 7.51. The minimum atomic E-state index is -1.51. The number of rotatable bonds is 18. The second-order valence-corrected chi connectivity index (χ2v) is 14.4. The molecule has 2 atom stereocenters. The Hall–Kier alpha value is -6.77. The van der Waals surface area contributed by atoms with Gasteiger partial charge in [-0.2, -0.15) is 0 Å². The van der Waals surface area contributed by atoms with Gasteiger partial charge in [0.25, 0.3) is 0 Å². The third-order valence-electron chi connectivity index (χ3n) is 10.6. The molecule has 8 aromatic rings. The van der Waals surface area contributed by atoms with Crippen molar-refractivity contribution in [1.29, 1.82) is 0 Å². The molecule has 7 nitrogen and oxygen atoms in total. The van der Waals surface area contributed by atoms with Crippen molar-refractivity contribution < 1.29 is 23.5 Å². The minimum absolute atomic E-state index is 0.240. The van der Waals surface area contributed by atoms with Crippen LogP contribution < -0.4 is 9.47 Å². The highest BCUT2D eigenvalue weighted by molar-refractivity contribution is 6.36. The molecule has 0 spiro atoms. The second kappa shape index (κ2) is 19.5. The van der Waals surface area contributed by atoms with E-state index in [-0.39, 0.29) is 13.2 Å². The summed E-state index contributed by atoms with van der Waals surface area (Å²) in [7, 11) is 6.87. The molecule has 0 saturated heterocycles. The number of pyridine rings is 2. The summed E-state index contributed by atoms with van der Waals surface area (Å²) in [5.74, 6) is 1.52. The summed E-state index contributed by atoms with van der Waals surface area (Å²) >= 11 is 0. The van der Waals surface area contributed by atoms with Crippen LogP contribution >= 0.6 is 0 Å². The first kappa shape index (κ1) is 41.0. The Kier molecular flexibility index (Phi) is 13.1. The van der Waals surface area contributed by atoms with E-state index in [1.54, 1.807) is 41.6 Å². The fourth-order valence-electron chi connectivity index (χ4n) is 7.51. The van der Waals surface area contributed by atoms with Crippen molar-refractivity contribution in [1.82, 2.24) is 9.97 Å². The molecule has 0 aliphatic rings. The molecule has 2 unspecified atom stereocenters. The first-order valence-corrected chi connectivity index (χ1v) is 20.1. The maximum absolute atomic E-state index is 8.12. The Bertz CT molecular complexity index is 2410. The topological polar surface area (TPSA) is 71.9 Å². The van der Waals surface area contributed by atoms with Crippen LogP contribution in [0.25, 0.3) is 22.3 Å². The van der Waals surface area contributed by atoms with Crippen LogP contribution in [-0.4, -0.2) is 39.2 Å². The number of ether oxygens (including phenoxy) is 3. The summed E-state index contributed by atoms with van der Waals surface area (Å²) < 4.78 is 32.5. The van der Waals surface area contributed by atoms with Crippen LogP contribution in [0.4, 0.5) is 0 Å². The molecule has 0 aliphatic carbocycles. The Morgan fingerprint density at radius 2 is 0.787 bits per heavy atom. The van der Waals surface area contributed by atoms with Crippen LogP contribution in [0, 0.1) is 0 Å². The van der Waals surface area contributed by atoms with Gasteiger partial charge in [-0.15, -0.1) is 0 Å². The molecule has 2 heterocycles. The minimum Gasteiger partial charge on any atom is -0.497 e. The van der Waals surface area contributed by atoms with E-state index in [4.69, 9.17) is 33.5 Å². The SMILES string of the molecule is COc1ccc(CO[B]C(OC([B]OCc2ccc(OC)cc2)(c2ccccn2)c2ccccc2-c2ccccc2)(c2ccccn2)c2ccccc2-c2ccccc2)cc1. The van der Waals surface area contributed by atoms with E-state index in [2.05, 4.69) is 48.5 Å². The maximum Gasteiger partial charge on any atom is 0.342 e. The Labute approximate surface area is 359 Å². The lowest BCUT2D eigenvalue weighted by Crippen LogP contribution is -2.51. The molecule has 0 saturated carbocycles. The van der Waals surface area contributed by atoms with Crippen molar-refractivity contribution in [3.8, 4) is 33.8 Å². The summed E-state index contributed by atoms with van der Waals surface area (Å²) in [5, 5.41) is 0. The summed E-state index contributed by atoms with van der Waals surface area (Å²) in [6.45, 7) is 0.481. The maximum atomic E-state index is 8.12. The van der Waals surface area contributed by atoms with E-state index in [1.807, 2.05) is 146 Å². The molecule has 0 aliphatic heterocycles. The lowest BCUT2D eigenvalue weighted by atomic mass is 9.60. The molecule has 298 valence electrons. The Balaban J connectivity index is 1.38. The molecule has 9 heteroatoms. The third-order valence-corrected chi connectivity index (χ3v) is 10.6. The number of benzene rings is 6. The van der Waals surface area contributed by atoms with Gasteiger partial charge in [-0.05, 0) is 93.0 Å². The van der Waals surface area contributed by atoms with Crippen LogP contribution in [0.1, 0.15) is 33.6 Å². The number of methoxy groups -OCH3 is 2. The highest BCUT2D eigenvalue weighted by Crippen LogP contribution is 2.48. The molecule has 0 fully saturated rings. The van der Waals surface area contributed by atoms with Gasteiger partial charge in [0.1, 0.15) is 22.5 Å². The lowest BCUT2D eigenvalue weighted by Gasteiger charge is -2.44. The van der Waals surface area contributed by atoms with Crippen molar-refractivity contribution in [3.63, 3.8) is 0 Å². The number of nitrogens with zero attached hydrogens (tertiary/aromatic N) is 2. The number of hydrogen-bond donors (Lipinski definition) is 0. The van der Waals surface area contributed by atoms with Crippen LogP contribution in [0.15, 0.2) is 207 Å². The standard InChI is InChI=1S/C52H44B2N2O5/c1-57-43-31-27-39(28-32-43)37-59-53-51(49-25-13-15-35-55-49,47-23-11-9-21-45(47)41-17-5-3-6-18-41)61-52(50-26-14-16-36-56-50,54-60-38-40-29-33-44(58-2)34-30-40)48-24-12-10-22-46(48)42-19-7-4-8-20-42/h3-36H,37-38H2,1-2H3. The highest BCUT2D eigenvalue weighted by Gasteiger charge is 2.52. The van der Waals surface area contributed by atoms with Gasteiger partial charge < -0.3 is 23.5 Å². The van der Waals surface area contributed by atoms with E-state index in [1.165, 1.54) is 0 Å². The Morgan fingerprint density at radius 3 is 1.16 bits per heavy atom. The Morgan fingerprint density at radius 1 is 0.410 bits per heavy atom. The number of hydrogen-bond acceptors (Lipinski definition) is 7. The van der Waals surface area contributed by atoms with Gasteiger partial charge in [-0.1, -0.05) is 146 Å². The predicted octanol–water partition coefficient (Wildman–Crippen LogP) is 10.6. The molecule has 61 heavy (non-hydrogen) atoms. The van der Waals surface area contributed by atoms with Crippen molar-refractivity contribution in [2.24, 2.45) is 0 Å². The van der Waals surface area contributed by atoms with E-state index in [9.17, 15) is 0 Å². The fraction of sp³-hybridized carbons (Fsp3) is 0.115. The normalized spacial score (nSPS) is 13.0. The average Bonchev–Trinajstić information content (AvgIpc) is 3.35. The van der Waals surface area contributed by atoms with Gasteiger partial charge >= 0.3 is 15.0 Å². The van der Waals surface area contributed by atoms with Crippen molar-refractivity contribution >= 4 is 15.0 Å². The van der Waals surface area contributed by atoms with Crippen LogP contribution in [0.2, 0.25) is 0 Å². The van der Waals surface area contributed by atoms with Gasteiger partial charge in [0.2, 0.25) is 0 Å². The van der Waals surface area contributed by atoms with Crippen molar-refractivity contribution in [2.75, 3.05) is 14.2 Å². The molecule has 0 amide bonds. The van der Waals surface area contributed by atoms with Gasteiger partial charge in [0, 0.05) is 12.4 Å². The molecule has 0 N–H and O–H groups in total. The van der Waals surface area contributed by atoms with Gasteiger partial charge in [0.05, 0.1) is 38.8 Å². The average molecular weight is 799 g/mol. The van der Waals surface area contributed by atoms with Gasteiger partial charge in [-0.25, -0.2) is 0 Å². The molecule has 0 bridgehead atoms. The molecule has 8 rings (SSSR count). The van der Waals surface area contributed by atoms with Crippen LogP contribution in [0.5, 0.6) is 11.5 Å². The zero-order chi connectivity index (χ0) is 41.7. The number of aromatic nitrogens is 2. The molecular formula is C52H44B2N2O5. The molecule has 2 aromatic heterocycles. The summed E-state index contributed by atoms with van der Waals surface area (Å²) in [5.41, 5.74) is 5.52. The molecule has 2 radical (unpaired) electrons. The monoisotopic (exact) mass is 798 g/mol. The summed E-state index contributed by atoms with van der Waals surface area (Å²) in [6.07, 6.45) is 3.56. The smallest absolute Gasteiger partial charge is 0.342 e. The van der Waals surface area contributed by atoms with Crippen molar-refractivity contribution in [2.45, 2.75) is 24.2 Å². The predicted molar refractivity (Wildman–Crippen MR) is 242 cm³/mol. The lowest BCUT2D eigenvalue weighted by molar-refractivity contribution is -0.0538.